The third-order valence-electron chi connectivity index (χ3n) is 3.55. The maximum Gasteiger partial charge on any atom is 0.245 e. The van der Waals surface area contributed by atoms with E-state index in [2.05, 4.69) is 0 Å². The van der Waals surface area contributed by atoms with Crippen molar-refractivity contribution in [3.8, 4) is 0 Å². The van der Waals surface area contributed by atoms with E-state index in [9.17, 15) is 9.59 Å². The van der Waals surface area contributed by atoms with E-state index in [1.807, 2.05) is 55.5 Å². The van der Waals surface area contributed by atoms with E-state index < -0.39 is 11.2 Å². The third-order valence-corrected chi connectivity index (χ3v) is 4.80. The molecule has 3 rings (SSSR count). The normalized spacial score (nSPS) is 17.2. The average molecular weight is 312 g/mol. The molecule has 1 aliphatic heterocycles. The quantitative estimate of drug-likeness (QED) is 0.947. The number of carbonyl (C=O) groups is 2. The SMILES string of the molecule is Cc1ccc(N2C(=O)C(CC(N)=O)Sc3ccccc32)cc1. The molecule has 0 spiro atoms. The Morgan fingerprint density at radius 1 is 1.18 bits per heavy atom. The van der Waals surface area contributed by atoms with Crippen molar-refractivity contribution in [1.29, 1.82) is 0 Å². The Hall–Kier alpha value is -2.27. The van der Waals surface area contributed by atoms with Crippen LogP contribution in [0.1, 0.15) is 12.0 Å². The van der Waals surface area contributed by atoms with Crippen molar-refractivity contribution in [3.63, 3.8) is 0 Å². The molecule has 2 N–H and O–H groups in total. The van der Waals surface area contributed by atoms with E-state index in [0.717, 1.165) is 21.8 Å². The molecule has 22 heavy (non-hydrogen) atoms. The number of carbonyl (C=O) groups excluding carboxylic acids is 2. The van der Waals surface area contributed by atoms with Gasteiger partial charge in [-0.25, -0.2) is 0 Å². The van der Waals surface area contributed by atoms with E-state index in [1.165, 1.54) is 11.8 Å². The molecule has 1 aliphatic rings. The number of fused-ring (bicyclic) bond motifs is 1. The lowest BCUT2D eigenvalue weighted by Gasteiger charge is -2.33. The van der Waals surface area contributed by atoms with Gasteiger partial charge in [0.25, 0.3) is 0 Å². The summed E-state index contributed by atoms with van der Waals surface area (Å²) in [7, 11) is 0. The highest BCUT2D eigenvalue weighted by molar-refractivity contribution is 8.01. The third kappa shape index (κ3) is 2.72. The maximum atomic E-state index is 12.8. The minimum atomic E-state index is -0.478. The molecule has 2 aromatic carbocycles. The van der Waals surface area contributed by atoms with Crippen molar-refractivity contribution in [2.24, 2.45) is 5.73 Å². The van der Waals surface area contributed by atoms with Crippen LogP contribution < -0.4 is 10.6 Å². The Balaban J connectivity index is 2.07. The summed E-state index contributed by atoms with van der Waals surface area (Å²) in [5, 5.41) is -0.478. The van der Waals surface area contributed by atoms with Gasteiger partial charge in [0.05, 0.1) is 10.9 Å². The van der Waals surface area contributed by atoms with Crippen molar-refractivity contribution in [2.45, 2.75) is 23.5 Å². The first-order chi connectivity index (χ1) is 10.6. The van der Waals surface area contributed by atoms with Crippen LogP contribution in [0.4, 0.5) is 11.4 Å². The molecule has 1 heterocycles. The largest absolute Gasteiger partial charge is 0.370 e. The van der Waals surface area contributed by atoms with E-state index in [1.54, 1.807) is 4.90 Å². The number of primary amides is 1. The molecule has 0 aromatic heterocycles. The van der Waals surface area contributed by atoms with Gasteiger partial charge >= 0.3 is 0 Å². The Bertz CT molecular complexity index is 728. The molecule has 112 valence electrons. The molecule has 2 aromatic rings. The van der Waals surface area contributed by atoms with Gasteiger partial charge in [0.2, 0.25) is 11.8 Å². The lowest BCUT2D eigenvalue weighted by atomic mass is 10.1. The van der Waals surface area contributed by atoms with Crippen molar-refractivity contribution in [2.75, 3.05) is 4.90 Å². The number of hydrogen-bond acceptors (Lipinski definition) is 3. The summed E-state index contributed by atoms with van der Waals surface area (Å²) in [4.78, 5) is 26.7. The molecular weight excluding hydrogens is 296 g/mol. The molecule has 0 bridgehead atoms. The monoisotopic (exact) mass is 312 g/mol. The zero-order valence-electron chi connectivity index (χ0n) is 12.2. The number of thioether (sulfide) groups is 1. The lowest BCUT2D eigenvalue weighted by molar-refractivity contribution is -0.122. The van der Waals surface area contributed by atoms with Crippen molar-refractivity contribution in [3.05, 3.63) is 54.1 Å². The lowest BCUT2D eigenvalue weighted by Crippen LogP contribution is -2.39. The minimum absolute atomic E-state index is 0.0419. The van der Waals surface area contributed by atoms with E-state index in [0.29, 0.717) is 0 Å². The molecule has 0 saturated carbocycles. The molecule has 4 nitrogen and oxygen atoms in total. The number of nitrogens with zero attached hydrogens (tertiary/aromatic N) is 1. The molecular formula is C17H16N2O2S. The first-order valence-corrected chi connectivity index (χ1v) is 7.89. The van der Waals surface area contributed by atoms with Crippen molar-refractivity contribution >= 4 is 35.0 Å². The molecule has 0 fully saturated rings. The number of para-hydroxylation sites is 1. The smallest absolute Gasteiger partial charge is 0.245 e. The van der Waals surface area contributed by atoms with Gasteiger partial charge in [-0.15, -0.1) is 11.8 Å². The fourth-order valence-electron chi connectivity index (χ4n) is 2.48. The molecule has 0 radical (unpaired) electrons. The van der Waals surface area contributed by atoms with Gasteiger partial charge in [0.1, 0.15) is 0 Å². The molecule has 1 atom stereocenters. The minimum Gasteiger partial charge on any atom is -0.370 e. The standard InChI is InChI=1S/C17H16N2O2S/c1-11-6-8-12(9-7-11)19-13-4-2-3-5-14(13)22-15(17(19)21)10-16(18)20/h2-9,15H,10H2,1H3,(H2,18,20). The highest BCUT2D eigenvalue weighted by atomic mass is 32.2. The second-order valence-corrected chi connectivity index (χ2v) is 6.50. The first kappa shape index (κ1) is 14.7. The summed E-state index contributed by atoms with van der Waals surface area (Å²) in [6.07, 6.45) is 0.0419. The van der Waals surface area contributed by atoms with E-state index >= 15 is 0 Å². The van der Waals surface area contributed by atoms with E-state index in [4.69, 9.17) is 5.73 Å². The zero-order chi connectivity index (χ0) is 15.7. The van der Waals surface area contributed by atoms with Crippen molar-refractivity contribution in [1.82, 2.24) is 0 Å². The Kier molecular flexibility index (Phi) is 3.90. The van der Waals surface area contributed by atoms with Crippen LogP contribution >= 0.6 is 11.8 Å². The number of anilines is 2. The number of amides is 2. The van der Waals surface area contributed by atoms with Gasteiger partial charge < -0.3 is 5.73 Å². The van der Waals surface area contributed by atoms with Crippen LogP contribution in [0.3, 0.4) is 0 Å². The zero-order valence-corrected chi connectivity index (χ0v) is 13.0. The fourth-order valence-corrected chi connectivity index (χ4v) is 3.68. The van der Waals surface area contributed by atoms with Crippen LogP contribution in [-0.4, -0.2) is 17.1 Å². The first-order valence-electron chi connectivity index (χ1n) is 7.01. The van der Waals surface area contributed by atoms with Crippen LogP contribution in [0.15, 0.2) is 53.4 Å². The Morgan fingerprint density at radius 2 is 1.86 bits per heavy atom. The highest BCUT2D eigenvalue weighted by Crippen LogP contribution is 2.43. The van der Waals surface area contributed by atoms with Gasteiger partial charge in [-0.05, 0) is 31.2 Å². The predicted molar refractivity (Wildman–Crippen MR) is 88.2 cm³/mol. The summed E-state index contributed by atoms with van der Waals surface area (Å²) >= 11 is 1.40. The van der Waals surface area contributed by atoms with Crippen molar-refractivity contribution < 1.29 is 9.59 Å². The second kappa shape index (κ2) is 5.85. The maximum absolute atomic E-state index is 12.8. The van der Waals surface area contributed by atoms with Crippen LogP contribution in [0, 0.1) is 6.92 Å². The number of rotatable bonds is 3. The summed E-state index contributed by atoms with van der Waals surface area (Å²) in [6.45, 7) is 2.00. The summed E-state index contributed by atoms with van der Waals surface area (Å²) in [6, 6.07) is 15.5. The van der Waals surface area contributed by atoms with Gasteiger partial charge in [-0.3, -0.25) is 14.5 Å². The highest BCUT2D eigenvalue weighted by Gasteiger charge is 2.35. The van der Waals surface area contributed by atoms with Crippen LogP contribution in [0.2, 0.25) is 0 Å². The van der Waals surface area contributed by atoms with Crippen LogP contribution in [0.5, 0.6) is 0 Å². The Labute approximate surface area is 133 Å². The molecule has 5 heteroatoms. The van der Waals surface area contributed by atoms with Gasteiger partial charge in [0, 0.05) is 17.0 Å². The second-order valence-electron chi connectivity index (χ2n) is 5.25. The molecule has 0 saturated heterocycles. The fraction of sp³-hybridized carbons (Fsp3) is 0.176. The number of aryl methyl sites for hydroxylation is 1. The Morgan fingerprint density at radius 3 is 2.55 bits per heavy atom. The number of hydrogen-bond donors (Lipinski definition) is 1. The topological polar surface area (TPSA) is 63.4 Å². The predicted octanol–water partition coefficient (Wildman–Crippen LogP) is 3.01. The number of nitrogens with two attached hydrogens (primary N) is 1. The summed E-state index contributed by atoms with van der Waals surface area (Å²) in [5.74, 6) is -0.569. The summed E-state index contributed by atoms with van der Waals surface area (Å²) < 4.78 is 0. The molecule has 1 unspecified atom stereocenters. The van der Waals surface area contributed by atoms with Crippen LogP contribution in [-0.2, 0) is 9.59 Å². The van der Waals surface area contributed by atoms with E-state index in [-0.39, 0.29) is 12.3 Å². The van der Waals surface area contributed by atoms with Gasteiger partial charge in [0.15, 0.2) is 0 Å². The van der Waals surface area contributed by atoms with Gasteiger partial charge in [-0.1, -0.05) is 29.8 Å². The molecule has 0 aliphatic carbocycles. The summed E-state index contributed by atoms with van der Waals surface area (Å²) in [5.41, 5.74) is 8.07. The average Bonchev–Trinajstić information content (AvgIpc) is 2.49. The number of benzene rings is 2. The van der Waals surface area contributed by atoms with Gasteiger partial charge in [-0.2, -0.15) is 0 Å². The van der Waals surface area contributed by atoms with Crippen LogP contribution in [0.25, 0.3) is 0 Å². The molecule has 2 amide bonds.